The molecule has 0 aliphatic carbocycles. The second-order valence-electron chi connectivity index (χ2n) is 4.80. The van der Waals surface area contributed by atoms with Crippen LogP contribution in [-0.2, 0) is 0 Å². The fourth-order valence-corrected chi connectivity index (χ4v) is 2.12. The lowest BCUT2D eigenvalue weighted by atomic mass is 10.0. The van der Waals surface area contributed by atoms with Crippen LogP contribution in [0, 0.1) is 11.6 Å². The van der Waals surface area contributed by atoms with Crippen molar-refractivity contribution >= 4 is 5.69 Å². The van der Waals surface area contributed by atoms with Crippen molar-refractivity contribution in [3.63, 3.8) is 0 Å². The molecule has 0 unspecified atom stereocenters. The van der Waals surface area contributed by atoms with E-state index in [2.05, 4.69) is 5.32 Å². The van der Waals surface area contributed by atoms with Gasteiger partial charge in [-0.15, -0.1) is 0 Å². The lowest BCUT2D eigenvalue weighted by Crippen LogP contribution is -2.57. The van der Waals surface area contributed by atoms with Gasteiger partial charge in [-0.25, -0.2) is 8.78 Å². The first-order valence-corrected chi connectivity index (χ1v) is 5.44. The van der Waals surface area contributed by atoms with Crippen LogP contribution in [0.4, 0.5) is 14.5 Å². The van der Waals surface area contributed by atoms with E-state index < -0.39 is 11.6 Å². The molecule has 16 heavy (non-hydrogen) atoms. The van der Waals surface area contributed by atoms with E-state index in [-0.39, 0.29) is 11.2 Å². The molecular formula is C12H16F2N2. The predicted molar refractivity (Wildman–Crippen MR) is 60.7 cm³/mol. The lowest BCUT2D eigenvalue weighted by Gasteiger charge is -2.40. The zero-order valence-corrected chi connectivity index (χ0v) is 9.56. The molecule has 1 saturated heterocycles. The van der Waals surface area contributed by atoms with Crippen LogP contribution in [0.1, 0.15) is 13.8 Å². The number of anilines is 1. The Labute approximate surface area is 94.3 Å². The van der Waals surface area contributed by atoms with E-state index in [1.807, 2.05) is 13.8 Å². The number of nitrogens with one attached hydrogen (secondary N) is 1. The minimum absolute atomic E-state index is 0.0945. The highest BCUT2D eigenvalue weighted by molar-refractivity contribution is 5.50. The molecule has 1 aromatic carbocycles. The summed E-state index contributed by atoms with van der Waals surface area (Å²) in [4.78, 5) is 1.77. The molecule has 1 aliphatic heterocycles. The largest absolute Gasteiger partial charge is 0.364 e. The topological polar surface area (TPSA) is 15.3 Å². The SMILES string of the molecule is CC1(C)CN(c2c(F)cccc2F)CCN1. The monoisotopic (exact) mass is 226 g/mol. The third-order valence-electron chi connectivity index (χ3n) is 2.83. The summed E-state index contributed by atoms with van der Waals surface area (Å²) in [5, 5.41) is 3.31. The van der Waals surface area contributed by atoms with E-state index in [1.165, 1.54) is 18.2 Å². The highest BCUT2D eigenvalue weighted by Gasteiger charge is 2.28. The second-order valence-corrected chi connectivity index (χ2v) is 4.80. The fourth-order valence-electron chi connectivity index (χ4n) is 2.12. The summed E-state index contributed by atoms with van der Waals surface area (Å²) in [5.74, 6) is -0.976. The summed E-state index contributed by atoms with van der Waals surface area (Å²) in [5.41, 5.74) is -0.0236. The normalized spacial score (nSPS) is 19.9. The van der Waals surface area contributed by atoms with Gasteiger partial charge < -0.3 is 10.2 Å². The number of rotatable bonds is 1. The molecule has 0 spiro atoms. The van der Waals surface area contributed by atoms with Crippen LogP contribution in [0.2, 0.25) is 0 Å². The van der Waals surface area contributed by atoms with E-state index in [4.69, 9.17) is 0 Å². The van der Waals surface area contributed by atoms with Crippen molar-refractivity contribution in [2.24, 2.45) is 0 Å². The Morgan fingerprint density at radius 3 is 2.44 bits per heavy atom. The Hall–Kier alpha value is -1.16. The maximum atomic E-state index is 13.6. The van der Waals surface area contributed by atoms with E-state index >= 15 is 0 Å². The van der Waals surface area contributed by atoms with Crippen LogP contribution < -0.4 is 10.2 Å². The Kier molecular flexibility index (Phi) is 2.84. The maximum Gasteiger partial charge on any atom is 0.149 e. The molecular weight excluding hydrogens is 210 g/mol. The van der Waals surface area contributed by atoms with Crippen molar-refractivity contribution in [2.75, 3.05) is 24.5 Å². The summed E-state index contributed by atoms with van der Waals surface area (Å²) in [6, 6.07) is 3.99. The molecule has 1 fully saturated rings. The van der Waals surface area contributed by atoms with E-state index in [1.54, 1.807) is 4.90 Å². The van der Waals surface area contributed by atoms with Gasteiger partial charge in [0.05, 0.1) is 0 Å². The molecule has 88 valence electrons. The van der Waals surface area contributed by atoms with Gasteiger partial charge in [0.1, 0.15) is 17.3 Å². The van der Waals surface area contributed by atoms with Gasteiger partial charge >= 0.3 is 0 Å². The van der Waals surface area contributed by atoms with E-state index in [0.717, 1.165) is 6.54 Å². The Morgan fingerprint density at radius 1 is 1.25 bits per heavy atom. The average Bonchev–Trinajstić information content (AvgIpc) is 2.15. The minimum atomic E-state index is -0.488. The predicted octanol–water partition coefficient (Wildman–Crippen LogP) is 2.15. The Balaban J connectivity index is 2.30. The molecule has 1 aliphatic rings. The van der Waals surface area contributed by atoms with Gasteiger partial charge in [0.15, 0.2) is 0 Å². The fraction of sp³-hybridized carbons (Fsp3) is 0.500. The number of piperazine rings is 1. The number of benzene rings is 1. The summed E-state index contributed by atoms with van der Waals surface area (Å²) in [6.45, 7) is 6.02. The standard InChI is InChI=1S/C12H16F2N2/c1-12(2)8-16(7-6-15-12)11-9(13)4-3-5-10(11)14/h3-5,15H,6-8H2,1-2H3. The molecule has 0 bridgehead atoms. The lowest BCUT2D eigenvalue weighted by molar-refractivity contribution is 0.349. The first kappa shape index (κ1) is 11.3. The molecule has 1 N–H and O–H groups in total. The summed E-state index contributed by atoms with van der Waals surface area (Å²) >= 11 is 0. The average molecular weight is 226 g/mol. The Bertz CT molecular complexity index is 370. The van der Waals surface area contributed by atoms with E-state index in [0.29, 0.717) is 13.1 Å². The van der Waals surface area contributed by atoms with Crippen molar-refractivity contribution in [1.29, 1.82) is 0 Å². The van der Waals surface area contributed by atoms with Crippen LogP contribution in [0.3, 0.4) is 0 Å². The molecule has 0 radical (unpaired) electrons. The number of para-hydroxylation sites is 1. The third kappa shape index (κ3) is 2.16. The molecule has 0 saturated carbocycles. The molecule has 0 aromatic heterocycles. The molecule has 2 rings (SSSR count). The summed E-state index contributed by atoms with van der Waals surface area (Å²) < 4.78 is 27.2. The molecule has 4 heteroatoms. The van der Waals surface area contributed by atoms with E-state index in [9.17, 15) is 8.78 Å². The van der Waals surface area contributed by atoms with Gasteiger partial charge in [-0.2, -0.15) is 0 Å². The van der Waals surface area contributed by atoms with Crippen molar-refractivity contribution in [3.05, 3.63) is 29.8 Å². The van der Waals surface area contributed by atoms with Gasteiger partial charge in [0, 0.05) is 25.2 Å². The van der Waals surface area contributed by atoms with Gasteiger partial charge in [-0.1, -0.05) is 6.07 Å². The van der Waals surface area contributed by atoms with Gasteiger partial charge in [-0.05, 0) is 26.0 Å². The highest BCUT2D eigenvalue weighted by Crippen LogP contribution is 2.25. The smallest absolute Gasteiger partial charge is 0.149 e. The third-order valence-corrected chi connectivity index (χ3v) is 2.83. The summed E-state index contributed by atoms with van der Waals surface area (Å²) in [6.07, 6.45) is 0. The molecule has 0 atom stereocenters. The van der Waals surface area contributed by atoms with Gasteiger partial charge in [0.2, 0.25) is 0 Å². The zero-order valence-electron chi connectivity index (χ0n) is 9.56. The first-order valence-electron chi connectivity index (χ1n) is 5.44. The van der Waals surface area contributed by atoms with Crippen molar-refractivity contribution in [1.82, 2.24) is 5.32 Å². The van der Waals surface area contributed by atoms with Crippen LogP contribution in [0.15, 0.2) is 18.2 Å². The first-order chi connectivity index (χ1) is 7.49. The number of nitrogens with zero attached hydrogens (tertiary/aromatic N) is 1. The Morgan fingerprint density at radius 2 is 1.88 bits per heavy atom. The van der Waals surface area contributed by atoms with Crippen LogP contribution >= 0.6 is 0 Å². The van der Waals surface area contributed by atoms with Crippen LogP contribution in [-0.4, -0.2) is 25.2 Å². The van der Waals surface area contributed by atoms with Crippen LogP contribution in [0.25, 0.3) is 0 Å². The highest BCUT2D eigenvalue weighted by atomic mass is 19.1. The maximum absolute atomic E-state index is 13.6. The molecule has 1 heterocycles. The molecule has 2 nitrogen and oxygen atoms in total. The second kappa shape index (κ2) is 4.01. The number of hydrogen-bond acceptors (Lipinski definition) is 2. The minimum Gasteiger partial charge on any atom is -0.364 e. The zero-order chi connectivity index (χ0) is 11.8. The van der Waals surface area contributed by atoms with Crippen molar-refractivity contribution in [2.45, 2.75) is 19.4 Å². The van der Waals surface area contributed by atoms with Crippen molar-refractivity contribution in [3.8, 4) is 0 Å². The van der Waals surface area contributed by atoms with Crippen molar-refractivity contribution < 1.29 is 8.78 Å². The number of halogens is 2. The molecule has 1 aromatic rings. The quantitative estimate of drug-likeness (QED) is 0.789. The van der Waals surface area contributed by atoms with Gasteiger partial charge in [0.25, 0.3) is 0 Å². The van der Waals surface area contributed by atoms with Gasteiger partial charge in [-0.3, -0.25) is 0 Å². The van der Waals surface area contributed by atoms with Crippen LogP contribution in [0.5, 0.6) is 0 Å². The number of hydrogen-bond donors (Lipinski definition) is 1. The molecule has 0 amide bonds. The summed E-state index contributed by atoms with van der Waals surface area (Å²) in [7, 11) is 0.